The molecular weight excluding hydrogens is 430 g/mol. The fourth-order valence-corrected chi connectivity index (χ4v) is 3.67. The van der Waals surface area contributed by atoms with Gasteiger partial charge in [-0.25, -0.2) is 0 Å². The number of rotatable bonds is 7. The number of benzene rings is 1. The summed E-state index contributed by atoms with van der Waals surface area (Å²) in [4.78, 5) is 23.6. The molecule has 174 valence electrons. The Hall–Kier alpha value is -3.06. The molecule has 1 aromatic carbocycles. The lowest BCUT2D eigenvalue weighted by molar-refractivity contribution is 0.0741. The number of hydrogen-bond acceptors (Lipinski definition) is 6. The monoisotopic (exact) mass is 463 g/mol. The van der Waals surface area contributed by atoms with E-state index in [2.05, 4.69) is 33.5 Å². The summed E-state index contributed by atoms with van der Waals surface area (Å²) >= 11 is 1.56. The maximum Gasteiger partial charge on any atom is 0.254 e. The maximum atomic E-state index is 13.1. The van der Waals surface area contributed by atoms with Crippen LogP contribution in [0.25, 0.3) is 6.08 Å². The van der Waals surface area contributed by atoms with E-state index in [-0.39, 0.29) is 5.91 Å². The first-order valence-electron chi connectivity index (χ1n) is 11.1. The van der Waals surface area contributed by atoms with Crippen LogP contribution in [0.4, 0.5) is 5.69 Å². The Labute approximate surface area is 201 Å². The highest BCUT2D eigenvalue weighted by molar-refractivity contribution is 8.13. The van der Waals surface area contributed by atoms with Gasteiger partial charge in [0, 0.05) is 36.3 Å². The van der Waals surface area contributed by atoms with Gasteiger partial charge in [-0.2, -0.15) is 5.10 Å². The average Bonchev–Trinajstić information content (AvgIpc) is 2.87. The third-order valence-corrected chi connectivity index (χ3v) is 5.99. The Kier molecular flexibility index (Phi) is 10.2. The molecule has 0 saturated carbocycles. The van der Waals surface area contributed by atoms with Crippen LogP contribution in [0.2, 0.25) is 0 Å². The highest BCUT2D eigenvalue weighted by Crippen LogP contribution is 2.24. The number of amides is 1. The SMILES string of the molecule is C=Cc1nc(CCN2CCc3c(cccc3/C(C)=N/N=C(/C)SC)C2=O)ccc1N=C.CC. The molecule has 0 bridgehead atoms. The Morgan fingerprint density at radius 2 is 1.97 bits per heavy atom. The molecule has 2 heterocycles. The zero-order valence-electron chi connectivity index (χ0n) is 20.3. The lowest BCUT2D eigenvalue weighted by Crippen LogP contribution is -2.39. The van der Waals surface area contributed by atoms with E-state index >= 15 is 0 Å². The molecule has 1 amide bonds. The number of aromatic nitrogens is 1. The summed E-state index contributed by atoms with van der Waals surface area (Å²) in [6.07, 6.45) is 5.11. The number of carbonyl (C=O) groups is 1. The summed E-state index contributed by atoms with van der Waals surface area (Å²) in [5.74, 6) is 0.0491. The Balaban J connectivity index is 0.00000187. The number of aliphatic imine (C=N–C) groups is 1. The Bertz CT molecular complexity index is 1070. The van der Waals surface area contributed by atoms with Gasteiger partial charge in [0.15, 0.2) is 0 Å². The van der Waals surface area contributed by atoms with Crippen LogP contribution in [0.15, 0.2) is 52.1 Å². The molecular formula is C26H33N5OS. The van der Waals surface area contributed by atoms with E-state index in [4.69, 9.17) is 0 Å². The van der Waals surface area contributed by atoms with Crippen LogP contribution in [0.1, 0.15) is 60.6 Å². The lowest BCUT2D eigenvalue weighted by Gasteiger charge is -2.29. The fraction of sp³-hybridized carbons (Fsp3) is 0.346. The zero-order chi connectivity index (χ0) is 24.4. The minimum atomic E-state index is 0.0491. The fourth-order valence-electron chi connectivity index (χ4n) is 3.55. The number of nitrogens with zero attached hydrogens (tertiary/aromatic N) is 5. The normalized spacial score (nSPS) is 13.7. The van der Waals surface area contributed by atoms with E-state index in [0.717, 1.165) is 39.6 Å². The van der Waals surface area contributed by atoms with E-state index in [1.807, 2.05) is 69.2 Å². The summed E-state index contributed by atoms with van der Waals surface area (Å²) < 4.78 is 0. The van der Waals surface area contributed by atoms with Crippen LogP contribution in [0, 0.1) is 0 Å². The number of pyridine rings is 1. The van der Waals surface area contributed by atoms with E-state index in [0.29, 0.717) is 30.9 Å². The standard InChI is InChI=1S/C24H27N5OS.C2H6/c1-6-22-23(25-4)11-10-18(26-22)12-14-29-15-13-20-19(8-7-9-21(20)24(29)30)16(2)27-28-17(3)31-5;1-2/h6-11H,1,4,12-15H2,2-3,5H3;1-2H3/b27-16+,28-17-;. The second-order valence-corrected chi connectivity index (χ2v) is 8.20. The molecule has 7 heteroatoms. The van der Waals surface area contributed by atoms with Gasteiger partial charge in [-0.1, -0.05) is 32.6 Å². The van der Waals surface area contributed by atoms with Crippen molar-refractivity contribution in [2.75, 3.05) is 19.3 Å². The minimum absolute atomic E-state index is 0.0491. The van der Waals surface area contributed by atoms with Crippen LogP contribution in [0.5, 0.6) is 0 Å². The van der Waals surface area contributed by atoms with Crippen LogP contribution in [-0.2, 0) is 12.8 Å². The molecule has 0 spiro atoms. The van der Waals surface area contributed by atoms with Gasteiger partial charge in [0.25, 0.3) is 5.91 Å². The molecule has 33 heavy (non-hydrogen) atoms. The molecule has 0 radical (unpaired) electrons. The van der Waals surface area contributed by atoms with Crippen LogP contribution < -0.4 is 0 Å². The summed E-state index contributed by atoms with van der Waals surface area (Å²) in [5.41, 5.74) is 5.94. The Morgan fingerprint density at radius 1 is 1.21 bits per heavy atom. The van der Waals surface area contributed by atoms with Crippen molar-refractivity contribution in [2.45, 2.75) is 40.5 Å². The van der Waals surface area contributed by atoms with Crippen molar-refractivity contribution in [2.24, 2.45) is 15.2 Å². The van der Waals surface area contributed by atoms with Gasteiger partial charge in [-0.15, -0.1) is 16.9 Å². The van der Waals surface area contributed by atoms with Crippen LogP contribution in [-0.4, -0.2) is 52.6 Å². The quantitative estimate of drug-likeness (QED) is 0.295. The first-order valence-corrected chi connectivity index (χ1v) is 12.3. The van der Waals surface area contributed by atoms with Crippen molar-refractivity contribution >= 4 is 46.9 Å². The third-order valence-electron chi connectivity index (χ3n) is 5.31. The minimum Gasteiger partial charge on any atom is -0.338 e. The van der Waals surface area contributed by atoms with Gasteiger partial charge >= 0.3 is 0 Å². The van der Waals surface area contributed by atoms with Crippen molar-refractivity contribution in [3.63, 3.8) is 0 Å². The molecule has 0 N–H and O–H groups in total. The van der Waals surface area contributed by atoms with Gasteiger partial charge in [-0.05, 0) is 63.1 Å². The van der Waals surface area contributed by atoms with Crippen molar-refractivity contribution in [1.82, 2.24) is 9.88 Å². The van der Waals surface area contributed by atoms with E-state index < -0.39 is 0 Å². The van der Waals surface area contributed by atoms with Crippen LogP contribution in [0.3, 0.4) is 0 Å². The molecule has 0 saturated heterocycles. The molecule has 0 atom stereocenters. The summed E-state index contributed by atoms with van der Waals surface area (Å²) in [7, 11) is 0. The molecule has 1 aliphatic heterocycles. The zero-order valence-corrected chi connectivity index (χ0v) is 21.1. The first kappa shape index (κ1) is 26.2. The molecule has 3 rings (SSSR count). The molecule has 2 aromatic rings. The van der Waals surface area contributed by atoms with Crippen molar-refractivity contribution in [3.8, 4) is 0 Å². The van der Waals surface area contributed by atoms with Gasteiger partial charge < -0.3 is 4.90 Å². The van der Waals surface area contributed by atoms with E-state index in [1.54, 1.807) is 17.8 Å². The summed E-state index contributed by atoms with van der Waals surface area (Å²) in [5, 5.41) is 9.49. The second kappa shape index (κ2) is 12.8. The van der Waals surface area contributed by atoms with Gasteiger partial charge in [0.05, 0.1) is 22.1 Å². The maximum absolute atomic E-state index is 13.1. The summed E-state index contributed by atoms with van der Waals surface area (Å²) in [6.45, 7) is 16.5. The summed E-state index contributed by atoms with van der Waals surface area (Å²) in [6, 6.07) is 9.64. The van der Waals surface area contributed by atoms with Gasteiger partial charge in [0.1, 0.15) is 0 Å². The molecule has 0 fully saturated rings. The first-order chi connectivity index (χ1) is 16.0. The van der Waals surface area contributed by atoms with Crippen molar-refractivity contribution in [3.05, 3.63) is 65.0 Å². The van der Waals surface area contributed by atoms with Gasteiger partial charge in [-0.3, -0.25) is 14.8 Å². The predicted octanol–water partition coefficient (Wildman–Crippen LogP) is 5.83. The highest BCUT2D eigenvalue weighted by Gasteiger charge is 2.26. The second-order valence-electron chi connectivity index (χ2n) is 7.20. The lowest BCUT2D eigenvalue weighted by atomic mass is 9.92. The smallest absolute Gasteiger partial charge is 0.254 e. The molecule has 0 unspecified atom stereocenters. The number of hydrogen-bond donors (Lipinski definition) is 0. The van der Waals surface area contributed by atoms with E-state index in [1.165, 1.54) is 0 Å². The largest absolute Gasteiger partial charge is 0.338 e. The van der Waals surface area contributed by atoms with Gasteiger partial charge in [0.2, 0.25) is 0 Å². The topological polar surface area (TPSA) is 70.3 Å². The number of fused-ring (bicyclic) bond motifs is 1. The number of thioether (sulfide) groups is 1. The molecule has 1 aliphatic rings. The number of carbonyl (C=O) groups excluding carboxylic acids is 1. The highest BCUT2D eigenvalue weighted by atomic mass is 32.2. The average molecular weight is 464 g/mol. The molecule has 6 nitrogen and oxygen atoms in total. The van der Waals surface area contributed by atoms with Crippen molar-refractivity contribution < 1.29 is 4.79 Å². The predicted molar refractivity (Wildman–Crippen MR) is 143 cm³/mol. The third kappa shape index (κ3) is 6.48. The van der Waals surface area contributed by atoms with E-state index in [9.17, 15) is 4.79 Å². The molecule has 1 aromatic heterocycles. The Morgan fingerprint density at radius 3 is 2.64 bits per heavy atom. The van der Waals surface area contributed by atoms with Crippen molar-refractivity contribution in [1.29, 1.82) is 0 Å². The molecule has 0 aliphatic carbocycles. The van der Waals surface area contributed by atoms with Crippen LogP contribution >= 0.6 is 11.8 Å².